The molecule has 3 rings (SSSR count). The van der Waals surface area contributed by atoms with Crippen LogP contribution in [0.25, 0.3) is 0 Å². The summed E-state index contributed by atoms with van der Waals surface area (Å²) in [6.45, 7) is 8.37. The number of ether oxygens (including phenoxy) is 2. The minimum absolute atomic E-state index is 0.0111. The molecule has 0 radical (unpaired) electrons. The molecule has 0 bridgehead atoms. The van der Waals surface area contributed by atoms with E-state index < -0.39 is 12.2 Å². The molecule has 1 saturated heterocycles. The maximum atomic E-state index is 12.2. The highest BCUT2D eigenvalue weighted by molar-refractivity contribution is 5.87. The molecular formula is C28H44N2O4. The molecule has 1 aliphatic heterocycles. The first-order valence-corrected chi connectivity index (χ1v) is 13.0. The van der Waals surface area contributed by atoms with Crippen molar-refractivity contribution in [1.29, 1.82) is 0 Å². The lowest BCUT2D eigenvalue weighted by Crippen LogP contribution is -2.39. The fourth-order valence-electron chi connectivity index (χ4n) is 5.52. The zero-order valence-electron chi connectivity index (χ0n) is 21.7. The number of hydrogen-bond acceptors (Lipinski definition) is 4. The quantitative estimate of drug-likeness (QED) is 0.356. The monoisotopic (exact) mass is 472 g/mol. The lowest BCUT2D eigenvalue weighted by atomic mass is 9.82. The van der Waals surface area contributed by atoms with E-state index in [2.05, 4.69) is 49.6 Å². The van der Waals surface area contributed by atoms with Crippen LogP contribution in [0.5, 0.6) is 0 Å². The van der Waals surface area contributed by atoms with Crippen molar-refractivity contribution in [2.45, 2.75) is 109 Å². The molecule has 1 heterocycles. The van der Waals surface area contributed by atoms with Gasteiger partial charge in [-0.15, -0.1) is 0 Å². The summed E-state index contributed by atoms with van der Waals surface area (Å²) >= 11 is 0. The maximum absolute atomic E-state index is 12.2. The molecule has 2 aliphatic carbocycles. The molecule has 3 fully saturated rings. The number of alkyl carbamates (subject to hydrolysis) is 1. The van der Waals surface area contributed by atoms with Crippen molar-refractivity contribution in [3.63, 3.8) is 0 Å². The van der Waals surface area contributed by atoms with Gasteiger partial charge in [0.15, 0.2) is 0 Å². The van der Waals surface area contributed by atoms with Gasteiger partial charge in [0.2, 0.25) is 5.91 Å². The summed E-state index contributed by atoms with van der Waals surface area (Å²) in [5.74, 6) is 0.547. The Balaban J connectivity index is 1.35. The first kappa shape index (κ1) is 26.5. The van der Waals surface area contributed by atoms with Crippen LogP contribution in [0, 0.1) is 11.3 Å². The number of hydrogen-bond donors (Lipinski definition) is 2. The zero-order chi connectivity index (χ0) is 24.8. The van der Waals surface area contributed by atoms with Crippen molar-refractivity contribution in [3.8, 4) is 0 Å². The lowest BCUT2D eigenvalue weighted by Gasteiger charge is -2.40. The summed E-state index contributed by atoms with van der Waals surface area (Å²) in [6.07, 6.45) is 19.7. The zero-order valence-corrected chi connectivity index (χ0v) is 21.7. The van der Waals surface area contributed by atoms with Gasteiger partial charge in [0.25, 0.3) is 0 Å². The summed E-state index contributed by atoms with van der Waals surface area (Å²) in [5, 5.41) is 5.47. The number of rotatable bonds is 8. The standard InChI is InChI=1S/C28H44N2O4/c1-20(7-14-24-18-28(16-17-28)19-27(3,4)34-24)6-9-22-10-12-23(13-11-22)30-25(31)15-8-21(2)33-26(32)29-5/h6-8,14-15,21-24H,9-13,16-19H2,1-5H3,(H,29,32)(H,30,31)/b14-7+,15-8-,20-6+/t21-,22-,23+,24?/m0/s1. The van der Waals surface area contributed by atoms with E-state index in [1.807, 2.05) is 0 Å². The highest BCUT2D eigenvalue weighted by Gasteiger charge is 2.51. The van der Waals surface area contributed by atoms with E-state index in [0.29, 0.717) is 11.3 Å². The van der Waals surface area contributed by atoms with Gasteiger partial charge in [0, 0.05) is 19.2 Å². The molecule has 1 spiro atoms. The first-order valence-electron chi connectivity index (χ1n) is 13.0. The van der Waals surface area contributed by atoms with E-state index in [4.69, 9.17) is 9.47 Å². The molecule has 1 unspecified atom stereocenters. The largest absolute Gasteiger partial charge is 0.442 e. The Hall–Kier alpha value is -2.08. The Bertz CT molecular complexity index is 795. The van der Waals surface area contributed by atoms with E-state index in [1.165, 1.54) is 44.4 Å². The Morgan fingerprint density at radius 1 is 1.15 bits per heavy atom. The van der Waals surface area contributed by atoms with Crippen LogP contribution < -0.4 is 10.6 Å². The van der Waals surface area contributed by atoms with Crippen LogP contribution in [-0.2, 0) is 14.3 Å². The molecule has 34 heavy (non-hydrogen) atoms. The number of amides is 2. The Labute approximate surface area is 205 Å². The molecular weight excluding hydrogens is 428 g/mol. The second-order valence-corrected chi connectivity index (χ2v) is 11.3. The van der Waals surface area contributed by atoms with E-state index in [0.717, 1.165) is 32.1 Å². The van der Waals surface area contributed by atoms with E-state index in [-0.39, 0.29) is 23.7 Å². The summed E-state index contributed by atoms with van der Waals surface area (Å²) < 4.78 is 11.4. The van der Waals surface area contributed by atoms with Crippen LogP contribution in [0.15, 0.2) is 36.0 Å². The molecule has 3 aliphatic rings. The maximum Gasteiger partial charge on any atom is 0.407 e. The molecule has 190 valence electrons. The van der Waals surface area contributed by atoms with Crippen LogP contribution in [0.3, 0.4) is 0 Å². The summed E-state index contributed by atoms with van der Waals surface area (Å²) in [4.78, 5) is 23.4. The van der Waals surface area contributed by atoms with Crippen molar-refractivity contribution in [1.82, 2.24) is 10.6 Å². The lowest BCUT2D eigenvalue weighted by molar-refractivity contribution is -0.117. The molecule has 2 N–H and O–H groups in total. The van der Waals surface area contributed by atoms with Gasteiger partial charge in [-0.25, -0.2) is 4.79 Å². The molecule has 0 aromatic carbocycles. The van der Waals surface area contributed by atoms with E-state index in [9.17, 15) is 9.59 Å². The van der Waals surface area contributed by atoms with Crippen molar-refractivity contribution in [3.05, 3.63) is 36.0 Å². The average molecular weight is 473 g/mol. The highest BCUT2D eigenvalue weighted by atomic mass is 16.6. The molecule has 2 amide bonds. The highest BCUT2D eigenvalue weighted by Crippen LogP contribution is 2.58. The predicted molar refractivity (Wildman–Crippen MR) is 135 cm³/mol. The SMILES string of the molecule is CNC(=O)O[C@@H](C)/C=C\C(=O)N[C@H]1CC[C@@H](C/C=C(C)/C=C/C2CC3(CC3)CC(C)(C)O2)CC1. The molecule has 6 heteroatoms. The Morgan fingerprint density at radius 3 is 2.50 bits per heavy atom. The smallest absolute Gasteiger partial charge is 0.407 e. The third kappa shape index (κ3) is 8.61. The number of nitrogens with one attached hydrogen (secondary N) is 2. The average Bonchev–Trinajstić information content (AvgIpc) is 3.51. The van der Waals surface area contributed by atoms with Crippen molar-refractivity contribution in [2.75, 3.05) is 7.05 Å². The molecule has 2 saturated carbocycles. The van der Waals surface area contributed by atoms with Gasteiger partial charge in [0.1, 0.15) is 6.10 Å². The van der Waals surface area contributed by atoms with Crippen molar-refractivity contribution < 1.29 is 19.1 Å². The van der Waals surface area contributed by atoms with Crippen molar-refractivity contribution in [2.24, 2.45) is 11.3 Å². The third-order valence-corrected chi connectivity index (χ3v) is 7.42. The van der Waals surface area contributed by atoms with Gasteiger partial charge in [0.05, 0.1) is 11.7 Å². The van der Waals surface area contributed by atoms with Crippen LogP contribution in [0.4, 0.5) is 4.79 Å². The van der Waals surface area contributed by atoms with Gasteiger partial charge >= 0.3 is 6.09 Å². The fraction of sp³-hybridized carbons (Fsp3) is 0.714. The summed E-state index contributed by atoms with van der Waals surface area (Å²) in [6, 6.07) is 0.218. The summed E-state index contributed by atoms with van der Waals surface area (Å²) in [7, 11) is 1.51. The first-order chi connectivity index (χ1) is 16.1. The van der Waals surface area contributed by atoms with E-state index >= 15 is 0 Å². The fourth-order valence-corrected chi connectivity index (χ4v) is 5.52. The molecule has 0 aromatic heterocycles. The van der Waals surface area contributed by atoms with Gasteiger partial charge in [-0.2, -0.15) is 0 Å². The van der Waals surface area contributed by atoms with E-state index in [1.54, 1.807) is 13.0 Å². The normalized spacial score (nSPS) is 29.2. The van der Waals surface area contributed by atoms with Gasteiger partial charge in [-0.3, -0.25) is 4.79 Å². The molecule has 6 nitrogen and oxygen atoms in total. The second kappa shape index (κ2) is 11.6. The van der Waals surface area contributed by atoms with Gasteiger partial charge < -0.3 is 20.1 Å². The minimum atomic E-state index is -0.506. The van der Waals surface area contributed by atoms with Crippen LogP contribution in [0.2, 0.25) is 0 Å². The number of allylic oxidation sites excluding steroid dienone is 3. The van der Waals surface area contributed by atoms with Crippen LogP contribution >= 0.6 is 0 Å². The molecule has 2 atom stereocenters. The predicted octanol–water partition coefficient (Wildman–Crippen LogP) is 5.59. The second-order valence-electron chi connectivity index (χ2n) is 11.3. The van der Waals surface area contributed by atoms with Crippen LogP contribution in [0.1, 0.15) is 85.5 Å². The Morgan fingerprint density at radius 2 is 1.85 bits per heavy atom. The topological polar surface area (TPSA) is 76.7 Å². The third-order valence-electron chi connectivity index (χ3n) is 7.42. The summed E-state index contributed by atoms with van der Waals surface area (Å²) in [5.41, 5.74) is 1.85. The number of carbonyl (C=O) groups excluding carboxylic acids is 2. The van der Waals surface area contributed by atoms with Crippen molar-refractivity contribution >= 4 is 12.0 Å². The van der Waals surface area contributed by atoms with Crippen LogP contribution in [-0.4, -0.2) is 42.9 Å². The number of carbonyl (C=O) groups is 2. The Kier molecular flexibility index (Phi) is 9.02. The van der Waals surface area contributed by atoms with Gasteiger partial charge in [-0.1, -0.05) is 23.8 Å². The van der Waals surface area contributed by atoms with Gasteiger partial charge in [-0.05, 0) is 103 Å². The minimum Gasteiger partial charge on any atom is -0.442 e. The molecule has 0 aromatic rings.